The van der Waals surface area contributed by atoms with Gasteiger partial charge in [-0.1, -0.05) is 24.3 Å². The number of amides is 1. The molecule has 0 aromatic heterocycles. The van der Waals surface area contributed by atoms with Crippen molar-refractivity contribution in [1.29, 1.82) is 5.26 Å². The Morgan fingerprint density at radius 1 is 1.16 bits per heavy atom. The van der Waals surface area contributed by atoms with Crippen LogP contribution in [0.2, 0.25) is 0 Å². The lowest BCUT2D eigenvalue weighted by Crippen LogP contribution is -2.23. The van der Waals surface area contributed by atoms with Gasteiger partial charge in [0.15, 0.2) is 0 Å². The van der Waals surface area contributed by atoms with E-state index in [1.807, 2.05) is 36.6 Å². The molecular formula is C19H18N2O3S. The second kappa shape index (κ2) is 8.90. The summed E-state index contributed by atoms with van der Waals surface area (Å²) in [5.74, 6) is -0.511. The minimum absolute atomic E-state index is 0.222. The van der Waals surface area contributed by atoms with Crippen molar-refractivity contribution in [2.24, 2.45) is 0 Å². The molecule has 0 heterocycles. The molecule has 2 aromatic rings. The number of nitriles is 1. The summed E-state index contributed by atoms with van der Waals surface area (Å²) in [5, 5.41) is 11.9. The highest BCUT2D eigenvalue weighted by atomic mass is 32.2. The number of benzene rings is 2. The fourth-order valence-corrected chi connectivity index (χ4v) is 2.82. The normalized spacial score (nSPS) is 9.96. The van der Waals surface area contributed by atoms with Gasteiger partial charge in [-0.05, 0) is 35.6 Å². The molecule has 0 atom stereocenters. The van der Waals surface area contributed by atoms with Gasteiger partial charge in [0, 0.05) is 11.4 Å². The molecule has 0 bridgehead atoms. The lowest BCUT2D eigenvalue weighted by molar-refractivity contribution is -0.139. The van der Waals surface area contributed by atoms with E-state index < -0.39 is 0 Å². The van der Waals surface area contributed by atoms with Gasteiger partial charge in [-0.3, -0.25) is 9.59 Å². The van der Waals surface area contributed by atoms with Crippen molar-refractivity contribution in [2.45, 2.75) is 17.9 Å². The third-order valence-corrected chi connectivity index (χ3v) is 4.42. The summed E-state index contributed by atoms with van der Waals surface area (Å²) in [7, 11) is 1.36. The number of nitrogens with one attached hydrogen (secondary N) is 1. The molecule has 0 spiro atoms. The van der Waals surface area contributed by atoms with Crippen LogP contribution in [0.4, 0.5) is 0 Å². The Kier molecular flexibility index (Phi) is 6.61. The largest absolute Gasteiger partial charge is 0.469 e. The van der Waals surface area contributed by atoms with E-state index in [0.717, 1.165) is 16.0 Å². The van der Waals surface area contributed by atoms with Gasteiger partial charge in [0.05, 0.1) is 30.7 Å². The summed E-state index contributed by atoms with van der Waals surface area (Å²) in [6, 6.07) is 14.5. The number of carbonyl (C=O) groups excluding carboxylic acids is 2. The van der Waals surface area contributed by atoms with Gasteiger partial charge in [0.1, 0.15) is 0 Å². The van der Waals surface area contributed by atoms with E-state index in [1.165, 1.54) is 18.9 Å². The minimum atomic E-state index is -0.289. The topological polar surface area (TPSA) is 79.2 Å². The molecular weight excluding hydrogens is 336 g/mol. The molecule has 0 fully saturated rings. The average molecular weight is 354 g/mol. The van der Waals surface area contributed by atoms with Crippen LogP contribution in [0, 0.1) is 11.3 Å². The van der Waals surface area contributed by atoms with E-state index >= 15 is 0 Å². The number of hydrogen-bond acceptors (Lipinski definition) is 5. The van der Waals surface area contributed by atoms with E-state index in [-0.39, 0.29) is 18.3 Å². The molecule has 0 radical (unpaired) electrons. The number of carbonyl (C=O) groups is 2. The molecule has 1 N–H and O–H groups in total. The second-order valence-electron chi connectivity index (χ2n) is 5.28. The third-order valence-electron chi connectivity index (χ3n) is 3.63. The molecule has 5 nitrogen and oxygen atoms in total. The molecule has 0 unspecified atom stereocenters. The second-order valence-corrected chi connectivity index (χ2v) is 6.13. The number of methoxy groups -OCH3 is 1. The van der Waals surface area contributed by atoms with Crippen LogP contribution >= 0.6 is 11.8 Å². The highest BCUT2D eigenvalue weighted by Gasteiger charge is 2.12. The fraction of sp³-hybridized carbons (Fsp3) is 0.211. The SMILES string of the molecule is COC(=O)Cc1ccc(CNC(=O)c2cc(C#N)ccc2SC)cc1. The van der Waals surface area contributed by atoms with Gasteiger partial charge in [0.2, 0.25) is 0 Å². The summed E-state index contributed by atoms with van der Waals surface area (Å²) in [6.45, 7) is 0.363. The monoisotopic (exact) mass is 354 g/mol. The Morgan fingerprint density at radius 2 is 1.84 bits per heavy atom. The fourth-order valence-electron chi connectivity index (χ4n) is 2.25. The molecule has 0 aliphatic rings. The van der Waals surface area contributed by atoms with Crippen LogP contribution < -0.4 is 5.32 Å². The molecule has 0 aliphatic heterocycles. The van der Waals surface area contributed by atoms with Crippen molar-refractivity contribution < 1.29 is 14.3 Å². The Hall–Kier alpha value is -2.78. The molecule has 2 rings (SSSR count). The van der Waals surface area contributed by atoms with E-state index in [0.29, 0.717) is 17.7 Å². The van der Waals surface area contributed by atoms with Crippen molar-refractivity contribution in [3.05, 3.63) is 64.7 Å². The van der Waals surface area contributed by atoms with Crippen LogP contribution in [0.5, 0.6) is 0 Å². The molecule has 1 amide bonds. The number of hydrogen-bond donors (Lipinski definition) is 1. The first-order valence-electron chi connectivity index (χ1n) is 7.58. The standard InChI is InChI=1S/C19H18N2O3S/c1-24-18(22)10-13-3-5-14(6-4-13)12-21-19(23)16-9-15(11-20)7-8-17(16)25-2/h3-9H,10,12H2,1-2H3,(H,21,23). The quantitative estimate of drug-likeness (QED) is 0.637. The first-order valence-corrected chi connectivity index (χ1v) is 8.80. The number of rotatable bonds is 6. The van der Waals surface area contributed by atoms with Crippen molar-refractivity contribution >= 4 is 23.6 Å². The Bertz CT molecular complexity index is 810. The molecule has 6 heteroatoms. The third kappa shape index (κ3) is 5.10. The lowest BCUT2D eigenvalue weighted by Gasteiger charge is -2.09. The highest BCUT2D eigenvalue weighted by Crippen LogP contribution is 2.21. The average Bonchev–Trinajstić information content (AvgIpc) is 2.66. The first kappa shape index (κ1) is 18.6. The highest BCUT2D eigenvalue weighted by molar-refractivity contribution is 7.98. The number of nitrogens with zero attached hydrogens (tertiary/aromatic N) is 1. The van der Waals surface area contributed by atoms with Crippen LogP contribution in [0.1, 0.15) is 27.0 Å². The van der Waals surface area contributed by atoms with Crippen LogP contribution in [-0.4, -0.2) is 25.2 Å². The van der Waals surface area contributed by atoms with Crippen LogP contribution in [0.25, 0.3) is 0 Å². The zero-order chi connectivity index (χ0) is 18.2. The van der Waals surface area contributed by atoms with Crippen LogP contribution in [-0.2, 0) is 22.5 Å². The van der Waals surface area contributed by atoms with Crippen LogP contribution in [0.3, 0.4) is 0 Å². The molecule has 2 aromatic carbocycles. The van der Waals surface area contributed by atoms with Gasteiger partial charge in [0.25, 0.3) is 5.91 Å². The maximum Gasteiger partial charge on any atom is 0.309 e. The molecule has 128 valence electrons. The molecule has 25 heavy (non-hydrogen) atoms. The minimum Gasteiger partial charge on any atom is -0.469 e. The summed E-state index contributed by atoms with van der Waals surface area (Å²) in [4.78, 5) is 24.5. The number of thioether (sulfide) groups is 1. The first-order chi connectivity index (χ1) is 12.1. The number of esters is 1. The van der Waals surface area contributed by atoms with Crippen molar-refractivity contribution in [2.75, 3.05) is 13.4 Å². The van der Waals surface area contributed by atoms with Gasteiger partial charge in [-0.25, -0.2) is 0 Å². The summed E-state index contributed by atoms with van der Waals surface area (Å²) in [5.41, 5.74) is 2.72. The van der Waals surface area contributed by atoms with Gasteiger partial charge in [-0.2, -0.15) is 5.26 Å². The van der Waals surface area contributed by atoms with Gasteiger partial charge >= 0.3 is 5.97 Å². The maximum atomic E-state index is 12.4. The van der Waals surface area contributed by atoms with Gasteiger partial charge < -0.3 is 10.1 Å². The molecule has 0 saturated carbocycles. The van der Waals surface area contributed by atoms with E-state index in [1.54, 1.807) is 18.2 Å². The van der Waals surface area contributed by atoms with E-state index in [2.05, 4.69) is 10.1 Å². The Morgan fingerprint density at radius 3 is 2.44 bits per heavy atom. The zero-order valence-electron chi connectivity index (χ0n) is 14.0. The maximum absolute atomic E-state index is 12.4. The lowest BCUT2D eigenvalue weighted by atomic mass is 10.1. The summed E-state index contributed by atoms with van der Waals surface area (Å²) < 4.78 is 4.63. The summed E-state index contributed by atoms with van der Waals surface area (Å²) >= 11 is 1.46. The smallest absolute Gasteiger partial charge is 0.309 e. The Labute approximate surface area is 151 Å². The predicted molar refractivity (Wildman–Crippen MR) is 96.3 cm³/mol. The van der Waals surface area contributed by atoms with E-state index in [9.17, 15) is 9.59 Å². The predicted octanol–water partition coefficient (Wildman–Crippen LogP) is 2.93. The van der Waals surface area contributed by atoms with Crippen molar-refractivity contribution in [1.82, 2.24) is 5.32 Å². The Balaban J connectivity index is 2.03. The van der Waals surface area contributed by atoms with E-state index in [4.69, 9.17) is 5.26 Å². The summed E-state index contributed by atoms with van der Waals surface area (Å²) in [6.07, 6.45) is 2.11. The van der Waals surface area contributed by atoms with Crippen LogP contribution in [0.15, 0.2) is 47.4 Å². The van der Waals surface area contributed by atoms with Crippen molar-refractivity contribution in [3.8, 4) is 6.07 Å². The van der Waals surface area contributed by atoms with Gasteiger partial charge in [-0.15, -0.1) is 11.8 Å². The molecule has 0 saturated heterocycles. The molecule has 0 aliphatic carbocycles. The zero-order valence-corrected chi connectivity index (χ0v) is 14.9. The van der Waals surface area contributed by atoms with Crippen molar-refractivity contribution in [3.63, 3.8) is 0 Å². The number of ether oxygens (including phenoxy) is 1.